The third kappa shape index (κ3) is 6.15. The van der Waals surface area contributed by atoms with Crippen molar-refractivity contribution in [3.8, 4) is 0 Å². The van der Waals surface area contributed by atoms with Gasteiger partial charge < -0.3 is 9.47 Å². The topological polar surface area (TPSA) is 35.5 Å². The number of alkyl halides is 3. The molecule has 3 nitrogen and oxygen atoms in total. The number of ether oxygens (including phenoxy) is 2. The number of carbonyl (C=O) groups excluding carboxylic acids is 1. The van der Waals surface area contributed by atoms with Crippen LogP contribution in [-0.4, -0.2) is 32.0 Å². The molecule has 76 valence electrons. The number of esters is 1. The minimum atomic E-state index is -3.80. The Labute approximate surface area is 73.1 Å². The SMILES string of the molecule is C=CC(=O)OCCOC(F)(F)CF. The van der Waals surface area contributed by atoms with Gasteiger partial charge in [0.25, 0.3) is 0 Å². The summed E-state index contributed by atoms with van der Waals surface area (Å²) in [6, 6.07) is 0. The van der Waals surface area contributed by atoms with E-state index in [4.69, 9.17) is 0 Å². The fourth-order valence-electron chi connectivity index (χ4n) is 0.431. The summed E-state index contributed by atoms with van der Waals surface area (Å²) in [6.45, 7) is 0.261. The molecule has 0 radical (unpaired) electrons. The maximum absolute atomic E-state index is 12.0. The van der Waals surface area contributed by atoms with Gasteiger partial charge in [-0.3, -0.25) is 0 Å². The zero-order valence-corrected chi connectivity index (χ0v) is 6.76. The normalized spacial score (nSPS) is 11.0. The molecular formula is C7H9F3O3. The number of halogens is 3. The van der Waals surface area contributed by atoms with E-state index in [2.05, 4.69) is 16.1 Å². The minimum Gasteiger partial charge on any atom is -0.460 e. The Morgan fingerprint density at radius 1 is 1.46 bits per heavy atom. The molecule has 0 aliphatic heterocycles. The third-order valence-electron chi connectivity index (χ3n) is 0.963. The van der Waals surface area contributed by atoms with Gasteiger partial charge in [0.15, 0.2) is 6.67 Å². The first-order chi connectivity index (χ1) is 6.02. The zero-order valence-electron chi connectivity index (χ0n) is 6.76. The Morgan fingerprint density at radius 3 is 2.54 bits per heavy atom. The van der Waals surface area contributed by atoms with E-state index in [0.717, 1.165) is 6.08 Å². The highest BCUT2D eigenvalue weighted by molar-refractivity contribution is 5.81. The lowest BCUT2D eigenvalue weighted by molar-refractivity contribution is -0.249. The molecule has 0 N–H and O–H groups in total. The summed E-state index contributed by atoms with van der Waals surface area (Å²) in [5.74, 6) is -0.743. The number of hydrogen-bond donors (Lipinski definition) is 0. The number of carbonyl (C=O) groups is 1. The Bertz CT molecular complexity index is 182. The van der Waals surface area contributed by atoms with Crippen molar-refractivity contribution in [1.29, 1.82) is 0 Å². The Kier molecular flexibility index (Phi) is 5.13. The van der Waals surface area contributed by atoms with Gasteiger partial charge in [0.1, 0.15) is 6.61 Å². The summed E-state index contributed by atoms with van der Waals surface area (Å²) in [5.41, 5.74) is 0. The summed E-state index contributed by atoms with van der Waals surface area (Å²) < 4.78 is 43.5. The molecule has 0 spiro atoms. The Balaban J connectivity index is 3.46. The van der Waals surface area contributed by atoms with Crippen LogP contribution in [0.5, 0.6) is 0 Å². The van der Waals surface area contributed by atoms with Gasteiger partial charge in [-0.25, -0.2) is 9.18 Å². The molecule has 0 saturated heterocycles. The van der Waals surface area contributed by atoms with Crippen molar-refractivity contribution in [3.05, 3.63) is 12.7 Å². The maximum atomic E-state index is 12.0. The van der Waals surface area contributed by atoms with E-state index in [1.54, 1.807) is 0 Å². The molecule has 0 fully saturated rings. The van der Waals surface area contributed by atoms with Gasteiger partial charge in [0.05, 0.1) is 6.61 Å². The molecule has 0 aromatic carbocycles. The molecule has 6 heteroatoms. The highest BCUT2D eigenvalue weighted by atomic mass is 19.3. The van der Waals surface area contributed by atoms with Gasteiger partial charge in [0.2, 0.25) is 0 Å². The number of rotatable bonds is 6. The highest BCUT2D eigenvalue weighted by Gasteiger charge is 2.29. The predicted molar refractivity (Wildman–Crippen MR) is 38.0 cm³/mol. The molecular weight excluding hydrogens is 189 g/mol. The van der Waals surface area contributed by atoms with Crippen molar-refractivity contribution >= 4 is 5.97 Å². The van der Waals surface area contributed by atoms with Crippen LogP contribution in [-0.2, 0) is 14.3 Å². The molecule has 0 heterocycles. The van der Waals surface area contributed by atoms with Crippen molar-refractivity contribution < 1.29 is 27.4 Å². The van der Waals surface area contributed by atoms with Crippen molar-refractivity contribution in [2.75, 3.05) is 19.9 Å². The van der Waals surface area contributed by atoms with E-state index in [-0.39, 0.29) is 6.61 Å². The van der Waals surface area contributed by atoms with Crippen molar-refractivity contribution in [3.63, 3.8) is 0 Å². The first-order valence-electron chi connectivity index (χ1n) is 3.39. The van der Waals surface area contributed by atoms with Gasteiger partial charge >= 0.3 is 12.1 Å². The van der Waals surface area contributed by atoms with E-state index in [1.807, 2.05) is 0 Å². The minimum absolute atomic E-state index is 0.361. The van der Waals surface area contributed by atoms with E-state index in [9.17, 15) is 18.0 Å². The zero-order chi connectivity index (χ0) is 10.3. The van der Waals surface area contributed by atoms with Gasteiger partial charge in [-0.1, -0.05) is 6.58 Å². The van der Waals surface area contributed by atoms with Gasteiger partial charge in [-0.05, 0) is 0 Å². The first-order valence-corrected chi connectivity index (χ1v) is 3.39. The molecule has 13 heavy (non-hydrogen) atoms. The lowest BCUT2D eigenvalue weighted by Gasteiger charge is -2.12. The van der Waals surface area contributed by atoms with Gasteiger partial charge in [-0.2, -0.15) is 8.78 Å². The second-order valence-corrected chi connectivity index (χ2v) is 1.99. The van der Waals surface area contributed by atoms with Crippen molar-refractivity contribution in [2.45, 2.75) is 6.11 Å². The lowest BCUT2D eigenvalue weighted by atomic mass is 10.6. The maximum Gasteiger partial charge on any atom is 0.384 e. The second-order valence-electron chi connectivity index (χ2n) is 1.99. The van der Waals surface area contributed by atoms with Gasteiger partial charge in [-0.15, -0.1) is 0 Å². The molecule has 0 rings (SSSR count). The van der Waals surface area contributed by atoms with Crippen LogP contribution in [0.1, 0.15) is 0 Å². The largest absolute Gasteiger partial charge is 0.460 e. The molecule has 0 aromatic heterocycles. The molecule has 0 amide bonds. The van der Waals surface area contributed by atoms with Crippen molar-refractivity contribution in [2.24, 2.45) is 0 Å². The Morgan fingerprint density at radius 2 is 2.08 bits per heavy atom. The van der Waals surface area contributed by atoms with E-state index >= 15 is 0 Å². The average Bonchev–Trinajstić information content (AvgIpc) is 2.12. The van der Waals surface area contributed by atoms with Crippen LogP contribution in [0.15, 0.2) is 12.7 Å². The fourth-order valence-corrected chi connectivity index (χ4v) is 0.431. The average molecular weight is 198 g/mol. The molecule has 0 aromatic rings. The monoisotopic (exact) mass is 198 g/mol. The van der Waals surface area contributed by atoms with Gasteiger partial charge in [0, 0.05) is 6.08 Å². The first kappa shape index (κ1) is 12.0. The Hall–Kier alpha value is -1.04. The summed E-state index contributed by atoms with van der Waals surface area (Å²) in [6.07, 6.45) is -2.92. The molecule has 0 bridgehead atoms. The summed E-state index contributed by atoms with van der Waals surface area (Å²) >= 11 is 0. The van der Waals surface area contributed by atoms with Crippen LogP contribution in [0.2, 0.25) is 0 Å². The smallest absolute Gasteiger partial charge is 0.384 e. The van der Waals surface area contributed by atoms with Crippen LogP contribution >= 0.6 is 0 Å². The third-order valence-corrected chi connectivity index (χ3v) is 0.963. The predicted octanol–water partition coefficient (Wildman–Crippen LogP) is 1.29. The fraction of sp³-hybridized carbons (Fsp3) is 0.571. The lowest BCUT2D eigenvalue weighted by Crippen LogP contribution is -2.25. The van der Waals surface area contributed by atoms with Crippen LogP contribution < -0.4 is 0 Å². The van der Waals surface area contributed by atoms with Crippen LogP contribution in [0.4, 0.5) is 13.2 Å². The summed E-state index contributed by atoms with van der Waals surface area (Å²) in [4.78, 5) is 10.3. The van der Waals surface area contributed by atoms with E-state index < -0.39 is 25.4 Å². The number of hydrogen-bond acceptors (Lipinski definition) is 3. The highest BCUT2D eigenvalue weighted by Crippen LogP contribution is 2.14. The second kappa shape index (κ2) is 5.58. The van der Waals surface area contributed by atoms with Crippen LogP contribution in [0.25, 0.3) is 0 Å². The molecule has 0 atom stereocenters. The van der Waals surface area contributed by atoms with Crippen LogP contribution in [0, 0.1) is 0 Å². The van der Waals surface area contributed by atoms with E-state index in [0.29, 0.717) is 0 Å². The molecule has 0 aliphatic carbocycles. The van der Waals surface area contributed by atoms with Crippen molar-refractivity contribution in [1.82, 2.24) is 0 Å². The summed E-state index contributed by atoms with van der Waals surface area (Å²) in [5, 5.41) is 0. The quantitative estimate of drug-likeness (QED) is 0.366. The standard InChI is InChI=1S/C7H9F3O3/c1-2-6(11)12-3-4-13-7(9,10)5-8/h2H,1,3-5H2. The summed E-state index contributed by atoms with van der Waals surface area (Å²) in [7, 11) is 0. The molecule has 0 aliphatic rings. The molecule has 0 saturated carbocycles. The van der Waals surface area contributed by atoms with Crippen LogP contribution in [0.3, 0.4) is 0 Å². The van der Waals surface area contributed by atoms with E-state index in [1.165, 1.54) is 0 Å². The molecule has 0 unspecified atom stereocenters.